The third-order valence-corrected chi connectivity index (χ3v) is 3.58. The second kappa shape index (κ2) is 7.07. The molecule has 1 unspecified atom stereocenters. The zero-order valence-electron chi connectivity index (χ0n) is 11.9. The molecule has 1 fully saturated rings. The van der Waals surface area contributed by atoms with Crippen LogP contribution in [0.25, 0.3) is 0 Å². The second-order valence-corrected chi connectivity index (χ2v) is 5.29. The monoisotopic (exact) mass is 257 g/mol. The Labute approximate surface area is 110 Å². The van der Waals surface area contributed by atoms with Gasteiger partial charge in [0.25, 0.3) is 0 Å². The van der Waals surface area contributed by atoms with Crippen molar-refractivity contribution in [2.24, 2.45) is 0 Å². The highest BCUT2D eigenvalue weighted by Gasteiger charge is 2.34. The topological polar surface area (TPSA) is 55.8 Å². The maximum atomic E-state index is 11.4. The van der Waals surface area contributed by atoms with Gasteiger partial charge in [0, 0.05) is 32.7 Å². The number of nitrogens with one attached hydrogen (secondary N) is 1. The smallest absolute Gasteiger partial charge is 0.324 e. The van der Waals surface area contributed by atoms with Gasteiger partial charge in [0.15, 0.2) is 0 Å². The van der Waals surface area contributed by atoms with Gasteiger partial charge >= 0.3 is 5.97 Å². The van der Waals surface area contributed by atoms with E-state index in [-0.39, 0.29) is 0 Å². The van der Waals surface area contributed by atoms with Crippen LogP contribution in [0.1, 0.15) is 27.2 Å². The number of piperazine rings is 1. The summed E-state index contributed by atoms with van der Waals surface area (Å²) in [6.07, 6.45) is 1.18. The average Bonchev–Trinajstić information content (AvgIpc) is 2.32. The lowest BCUT2D eigenvalue weighted by atomic mass is 10.0. The summed E-state index contributed by atoms with van der Waals surface area (Å²) in [5.41, 5.74) is -0.832. The van der Waals surface area contributed by atoms with Gasteiger partial charge in [-0.2, -0.15) is 0 Å². The van der Waals surface area contributed by atoms with Gasteiger partial charge in [-0.1, -0.05) is 13.8 Å². The molecular formula is C13H27N3O2. The molecule has 106 valence electrons. The number of rotatable bonds is 7. The Bertz CT molecular complexity index is 265. The van der Waals surface area contributed by atoms with E-state index in [1.165, 1.54) is 6.42 Å². The molecule has 5 heteroatoms. The summed E-state index contributed by atoms with van der Waals surface area (Å²) < 4.78 is 0. The highest BCUT2D eigenvalue weighted by molar-refractivity contribution is 5.78. The van der Waals surface area contributed by atoms with E-state index in [1.807, 2.05) is 6.92 Å². The van der Waals surface area contributed by atoms with Gasteiger partial charge in [-0.25, -0.2) is 0 Å². The Morgan fingerprint density at radius 3 is 2.22 bits per heavy atom. The van der Waals surface area contributed by atoms with Crippen LogP contribution in [0, 0.1) is 0 Å². The number of aliphatic carboxylic acids is 1. The fourth-order valence-corrected chi connectivity index (χ4v) is 2.52. The molecule has 0 saturated carbocycles. The number of hydrogen-bond donors (Lipinski definition) is 2. The summed E-state index contributed by atoms with van der Waals surface area (Å²) in [5.74, 6) is -0.764. The summed E-state index contributed by atoms with van der Waals surface area (Å²) in [6, 6.07) is 0. The Morgan fingerprint density at radius 1 is 1.22 bits per heavy atom. The Kier molecular flexibility index (Phi) is 6.05. The first-order chi connectivity index (χ1) is 8.51. The SMILES string of the molecule is CCCN1CCN(CC(C)(NCC)C(=O)O)CC1. The fraction of sp³-hybridized carbons (Fsp3) is 0.923. The van der Waals surface area contributed by atoms with E-state index in [0.29, 0.717) is 13.1 Å². The van der Waals surface area contributed by atoms with E-state index >= 15 is 0 Å². The van der Waals surface area contributed by atoms with Crippen LogP contribution < -0.4 is 5.32 Å². The maximum Gasteiger partial charge on any atom is 0.324 e. The van der Waals surface area contributed by atoms with Gasteiger partial charge in [0.05, 0.1) is 0 Å². The molecule has 0 spiro atoms. The Morgan fingerprint density at radius 2 is 1.78 bits per heavy atom. The van der Waals surface area contributed by atoms with Crippen molar-refractivity contribution in [2.45, 2.75) is 32.7 Å². The standard InChI is InChI=1S/C13H27N3O2/c1-4-6-15-7-9-16(10-8-15)11-13(3,12(17)18)14-5-2/h14H,4-11H2,1-3H3,(H,17,18). The third kappa shape index (κ3) is 4.23. The van der Waals surface area contributed by atoms with Gasteiger partial charge < -0.3 is 15.3 Å². The zero-order chi connectivity index (χ0) is 13.6. The molecular weight excluding hydrogens is 230 g/mol. The first-order valence-electron chi connectivity index (χ1n) is 6.95. The van der Waals surface area contributed by atoms with Crippen LogP contribution in [0.15, 0.2) is 0 Å². The van der Waals surface area contributed by atoms with Crippen LogP contribution in [0.4, 0.5) is 0 Å². The molecule has 0 bridgehead atoms. The predicted octanol–water partition coefficient (Wildman–Crippen LogP) is 0.467. The summed E-state index contributed by atoms with van der Waals surface area (Å²) >= 11 is 0. The van der Waals surface area contributed by atoms with E-state index < -0.39 is 11.5 Å². The van der Waals surface area contributed by atoms with E-state index in [9.17, 15) is 9.90 Å². The highest BCUT2D eigenvalue weighted by Crippen LogP contribution is 2.10. The number of hydrogen-bond acceptors (Lipinski definition) is 4. The van der Waals surface area contributed by atoms with E-state index in [1.54, 1.807) is 6.92 Å². The normalized spacial score (nSPS) is 21.7. The number of nitrogens with zero attached hydrogens (tertiary/aromatic N) is 2. The Hall–Kier alpha value is -0.650. The first kappa shape index (κ1) is 15.4. The van der Waals surface area contributed by atoms with Crippen molar-refractivity contribution in [2.75, 3.05) is 45.8 Å². The van der Waals surface area contributed by atoms with E-state index in [4.69, 9.17) is 0 Å². The first-order valence-corrected chi connectivity index (χ1v) is 6.95. The number of likely N-dealkylation sites (N-methyl/N-ethyl adjacent to an activating group) is 1. The minimum absolute atomic E-state index is 0.580. The van der Waals surface area contributed by atoms with Crippen LogP contribution in [-0.4, -0.2) is 72.2 Å². The lowest BCUT2D eigenvalue weighted by Gasteiger charge is -2.38. The van der Waals surface area contributed by atoms with Crippen LogP contribution in [0.3, 0.4) is 0 Å². The molecule has 0 aliphatic carbocycles. The minimum atomic E-state index is -0.832. The van der Waals surface area contributed by atoms with Crippen molar-refractivity contribution in [1.82, 2.24) is 15.1 Å². The fourth-order valence-electron chi connectivity index (χ4n) is 2.52. The van der Waals surface area contributed by atoms with Crippen LogP contribution in [0.2, 0.25) is 0 Å². The predicted molar refractivity (Wildman–Crippen MR) is 72.9 cm³/mol. The molecule has 0 aromatic rings. The summed E-state index contributed by atoms with van der Waals surface area (Å²) in [7, 11) is 0. The third-order valence-electron chi connectivity index (χ3n) is 3.58. The molecule has 5 nitrogen and oxygen atoms in total. The molecule has 0 aromatic heterocycles. The van der Waals surface area contributed by atoms with Crippen molar-refractivity contribution >= 4 is 5.97 Å². The van der Waals surface area contributed by atoms with E-state index in [2.05, 4.69) is 22.0 Å². The zero-order valence-corrected chi connectivity index (χ0v) is 11.9. The summed E-state index contributed by atoms with van der Waals surface area (Å²) in [5, 5.41) is 12.4. The number of carboxylic acids is 1. The maximum absolute atomic E-state index is 11.4. The second-order valence-electron chi connectivity index (χ2n) is 5.29. The van der Waals surface area contributed by atoms with Crippen LogP contribution in [-0.2, 0) is 4.79 Å². The van der Waals surface area contributed by atoms with Gasteiger partial charge in [-0.15, -0.1) is 0 Å². The molecule has 1 aliphatic rings. The van der Waals surface area contributed by atoms with Gasteiger partial charge in [0.2, 0.25) is 0 Å². The molecule has 1 aliphatic heterocycles. The van der Waals surface area contributed by atoms with Crippen molar-refractivity contribution in [1.29, 1.82) is 0 Å². The van der Waals surface area contributed by atoms with Crippen LogP contribution in [0.5, 0.6) is 0 Å². The largest absolute Gasteiger partial charge is 0.480 e. The van der Waals surface area contributed by atoms with Crippen LogP contribution >= 0.6 is 0 Å². The highest BCUT2D eigenvalue weighted by atomic mass is 16.4. The lowest BCUT2D eigenvalue weighted by Crippen LogP contribution is -2.59. The van der Waals surface area contributed by atoms with Gasteiger partial charge in [-0.3, -0.25) is 9.69 Å². The lowest BCUT2D eigenvalue weighted by molar-refractivity contribution is -0.145. The average molecular weight is 257 g/mol. The van der Waals surface area contributed by atoms with Gasteiger partial charge in [-0.05, 0) is 26.4 Å². The Balaban J connectivity index is 2.45. The van der Waals surface area contributed by atoms with Crippen molar-refractivity contribution in [3.63, 3.8) is 0 Å². The van der Waals surface area contributed by atoms with E-state index in [0.717, 1.165) is 32.7 Å². The summed E-state index contributed by atoms with van der Waals surface area (Å²) in [4.78, 5) is 16.1. The number of carboxylic acid groups (broad SMARTS) is 1. The molecule has 0 aromatic carbocycles. The summed E-state index contributed by atoms with van der Waals surface area (Å²) in [6.45, 7) is 12.4. The van der Waals surface area contributed by atoms with Crippen molar-refractivity contribution in [3.8, 4) is 0 Å². The molecule has 1 saturated heterocycles. The van der Waals surface area contributed by atoms with Crippen molar-refractivity contribution < 1.29 is 9.90 Å². The molecule has 1 rings (SSSR count). The van der Waals surface area contributed by atoms with Crippen molar-refractivity contribution in [3.05, 3.63) is 0 Å². The molecule has 18 heavy (non-hydrogen) atoms. The molecule has 0 amide bonds. The minimum Gasteiger partial charge on any atom is -0.480 e. The molecule has 0 radical (unpaired) electrons. The number of carbonyl (C=O) groups is 1. The molecule has 1 atom stereocenters. The molecule has 2 N–H and O–H groups in total. The quantitative estimate of drug-likeness (QED) is 0.694. The van der Waals surface area contributed by atoms with Gasteiger partial charge in [0.1, 0.15) is 5.54 Å². The molecule has 1 heterocycles.